The van der Waals surface area contributed by atoms with Crippen LogP contribution in [0.3, 0.4) is 0 Å². The van der Waals surface area contributed by atoms with Gasteiger partial charge in [-0.05, 0) is 50.4 Å². The van der Waals surface area contributed by atoms with E-state index >= 15 is 0 Å². The Morgan fingerprint density at radius 3 is 2.31 bits per heavy atom. The van der Waals surface area contributed by atoms with Crippen LogP contribution in [0.4, 0.5) is 0 Å². The van der Waals surface area contributed by atoms with Crippen molar-refractivity contribution in [3.8, 4) is 0 Å². The maximum atomic E-state index is 3.85. The van der Waals surface area contributed by atoms with Crippen LogP contribution >= 0.6 is 0 Å². The van der Waals surface area contributed by atoms with Gasteiger partial charge in [0.05, 0.1) is 0 Å². The Balaban J connectivity index is 1.71. The number of hydrogen-bond donors (Lipinski definition) is 1. The van der Waals surface area contributed by atoms with E-state index in [0.29, 0.717) is 5.41 Å². The van der Waals surface area contributed by atoms with Crippen LogP contribution < -0.4 is 5.32 Å². The average molecular weight is 223 g/mol. The van der Waals surface area contributed by atoms with Crippen molar-refractivity contribution in [1.29, 1.82) is 0 Å². The molecule has 0 amide bonds. The fourth-order valence-electron chi connectivity index (χ4n) is 3.51. The first-order chi connectivity index (χ1) is 7.76. The lowest BCUT2D eigenvalue weighted by Gasteiger charge is -2.43. The average Bonchev–Trinajstić information content (AvgIpc) is 2.29. The summed E-state index contributed by atoms with van der Waals surface area (Å²) in [5.74, 6) is 0.961. The lowest BCUT2D eigenvalue weighted by Crippen LogP contribution is -2.45. The van der Waals surface area contributed by atoms with Crippen LogP contribution in [-0.4, -0.2) is 12.6 Å². The van der Waals surface area contributed by atoms with E-state index in [0.717, 1.165) is 12.0 Å². The molecule has 0 radical (unpaired) electrons. The van der Waals surface area contributed by atoms with Gasteiger partial charge in [-0.1, -0.05) is 32.6 Å². The summed E-state index contributed by atoms with van der Waals surface area (Å²) in [4.78, 5) is 0. The molecule has 2 fully saturated rings. The fourth-order valence-corrected chi connectivity index (χ4v) is 3.51. The Kier molecular flexibility index (Phi) is 4.29. The summed E-state index contributed by atoms with van der Waals surface area (Å²) in [6, 6.07) is 0.754. The van der Waals surface area contributed by atoms with Gasteiger partial charge in [-0.25, -0.2) is 0 Å². The summed E-state index contributed by atoms with van der Waals surface area (Å²) >= 11 is 0. The molecule has 1 unspecified atom stereocenters. The van der Waals surface area contributed by atoms with Crippen LogP contribution in [0.25, 0.3) is 0 Å². The van der Waals surface area contributed by atoms with Crippen molar-refractivity contribution in [1.82, 2.24) is 5.32 Å². The van der Waals surface area contributed by atoms with E-state index in [1.807, 2.05) is 0 Å². The first-order valence-electron chi connectivity index (χ1n) is 7.49. The Morgan fingerprint density at radius 1 is 1.12 bits per heavy atom. The zero-order valence-corrected chi connectivity index (χ0v) is 11.2. The Bertz CT molecular complexity index is 196. The summed E-state index contributed by atoms with van der Waals surface area (Å²) in [6.07, 6.45) is 13.1. The van der Waals surface area contributed by atoms with Gasteiger partial charge in [-0.3, -0.25) is 0 Å². The Labute approximate surface area is 101 Å². The molecule has 0 spiro atoms. The second-order valence-electron chi connectivity index (χ2n) is 6.27. The highest BCUT2D eigenvalue weighted by molar-refractivity contribution is 4.89. The van der Waals surface area contributed by atoms with Crippen molar-refractivity contribution in [2.75, 3.05) is 6.54 Å². The quantitative estimate of drug-likeness (QED) is 0.739. The van der Waals surface area contributed by atoms with E-state index in [-0.39, 0.29) is 0 Å². The summed E-state index contributed by atoms with van der Waals surface area (Å²) < 4.78 is 0. The van der Waals surface area contributed by atoms with Crippen molar-refractivity contribution in [2.45, 2.75) is 77.7 Å². The van der Waals surface area contributed by atoms with Crippen molar-refractivity contribution in [3.05, 3.63) is 0 Å². The molecule has 0 bridgehead atoms. The summed E-state index contributed by atoms with van der Waals surface area (Å²) in [5, 5.41) is 3.85. The van der Waals surface area contributed by atoms with E-state index < -0.39 is 0 Å². The van der Waals surface area contributed by atoms with E-state index in [4.69, 9.17) is 0 Å². The van der Waals surface area contributed by atoms with Crippen LogP contribution in [0.1, 0.15) is 71.6 Å². The molecule has 16 heavy (non-hydrogen) atoms. The molecule has 1 atom stereocenters. The molecule has 2 aliphatic rings. The SMILES string of the molecule is CCC1(CNC(C)C2CCCCC2)CCC1. The van der Waals surface area contributed by atoms with Crippen LogP contribution in [0.2, 0.25) is 0 Å². The van der Waals surface area contributed by atoms with Crippen molar-refractivity contribution >= 4 is 0 Å². The molecule has 0 aromatic heterocycles. The highest BCUT2D eigenvalue weighted by atomic mass is 14.9. The predicted octanol–water partition coefficient (Wildman–Crippen LogP) is 4.13. The molecule has 2 saturated carbocycles. The number of hydrogen-bond acceptors (Lipinski definition) is 1. The molecule has 2 aliphatic carbocycles. The molecule has 0 heterocycles. The van der Waals surface area contributed by atoms with Crippen molar-refractivity contribution in [3.63, 3.8) is 0 Å². The van der Waals surface area contributed by atoms with Gasteiger partial charge in [-0.15, -0.1) is 0 Å². The van der Waals surface area contributed by atoms with E-state index in [1.54, 1.807) is 0 Å². The molecule has 2 rings (SSSR count). The topological polar surface area (TPSA) is 12.0 Å². The monoisotopic (exact) mass is 223 g/mol. The van der Waals surface area contributed by atoms with Gasteiger partial charge in [0.15, 0.2) is 0 Å². The normalized spacial score (nSPS) is 27.4. The third-order valence-electron chi connectivity index (χ3n) is 5.32. The van der Waals surface area contributed by atoms with Gasteiger partial charge in [0.1, 0.15) is 0 Å². The third kappa shape index (κ3) is 2.80. The van der Waals surface area contributed by atoms with E-state index in [9.17, 15) is 0 Å². The summed E-state index contributed by atoms with van der Waals surface area (Å²) in [7, 11) is 0. The maximum absolute atomic E-state index is 3.85. The van der Waals surface area contributed by atoms with Crippen molar-refractivity contribution < 1.29 is 0 Å². The lowest BCUT2D eigenvalue weighted by atomic mass is 9.67. The van der Waals surface area contributed by atoms with Crippen LogP contribution in [0.15, 0.2) is 0 Å². The molecule has 1 N–H and O–H groups in total. The van der Waals surface area contributed by atoms with Gasteiger partial charge < -0.3 is 5.32 Å². The molecular formula is C15H29N. The molecule has 0 aliphatic heterocycles. The van der Waals surface area contributed by atoms with Crippen LogP contribution in [-0.2, 0) is 0 Å². The number of rotatable bonds is 5. The minimum absolute atomic E-state index is 0.683. The molecule has 1 heteroatoms. The largest absolute Gasteiger partial charge is 0.313 e. The van der Waals surface area contributed by atoms with Gasteiger partial charge >= 0.3 is 0 Å². The zero-order valence-electron chi connectivity index (χ0n) is 11.2. The zero-order chi connectivity index (χ0) is 11.4. The number of nitrogens with one attached hydrogen (secondary N) is 1. The minimum atomic E-state index is 0.683. The Hall–Kier alpha value is -0.0400. The molecule has 0 aromatic rings. The highest BCUT2D eigenvalue weighted by Gasteiger charge is 2.35. The van der Waals surface area contributed by atoms with Gasteiger partial charge in [0, 0.05) is 12.6 Å². The fraction of sp³-hybridized carbons (Fsp3) is 1.00. The van der Waals surface area contributed by atoms with Gasteiger partial charge in [0.2, 0.25) is 0 Å². The Morgan fingerprint density at radius 2 is 1.81 bits per heavy atom. The second kappa shape index (κ2) is 5.53. The molecule has 0 saturated heterocycles. The predicted molar refractivity (Wildman–Crippen MR) is 70.6 cm³/mol. The van der Waals surface area contributed by atoms with E-state index in [2.05, 4.69) is 19.2 Å². The summed E-state index contributed by atoms with van der Waals surface area (Å²) in [6.45, 7) is 6.06. The van der Waals surface area contributed by atoms with E-state index in [1.165, 1.54) is 64.3 Å². The first kappa shape index (κ1) is 12.4. The summed E-state index contributed by atoms with van der Waals surface area (Å²) in [5.41, 5.74) is 0.683. The lowest BCUT2D eigenvalue weighted by molar-refractivity contribution is 0.112. The van der Waals surface area contributed by atoms with Crippen LogP contribution in [0.5, 0.6) is 0 Å². The molecule has 1 nitrogen and oxygen atoms in total. The van der Waals surface area contributed by atoms with Gasteiger partial charge in [0.25, 0.3) is 0 Å². The standard InChI is InChI=1S/C15H29N/c1-3-15(10-7-11-15)12-16-13(2)14-8-5-4-6-9-14/h13-14,16H,3-12H2,1-2H3. The second-order valence-corrected chi connectivity index (χ2v) is 6.27. The smallest absolute Gasteiger partial charge is 0.00672 e. The highest BCUT2D eigenvalue weighted by Crippen LogP contribution is 2.43. The van der Waals surface area contributed by atoms with Crippen LogP contribution in [0, 0.1) is 11.3 Å². The molecular weight excluding hydrogens is 194 g/mol. The third-order valence-corrected chi connectivity index (χ3v) is 5.32. The minimum Gasteiger partial charge on any atom is -0.313 e. The molecule has 0 aromatic carbocycles. The van der Waals surface area contributed by atoms with Gasteiger partial charge in [-0.2, -0.15) is 0 Å². The van der Waals surface area contributed by atoms with Crippen molar-refractivity contribution in [2.24, 2.45) is 11.3 Å². The first-order valence-corrected chi connectivity index (χ1v) is 7.49. The molecule has 94 valence electrons. The maximum Gasteiger partial charge on any atom is 0.00672 e.